The predicted molar refractivity (Wildman–Crippen MR) is 118 cm³/mol. The first-order valence-corrected chi connectivity index (χ1v) is 10.1. The fraction of sp³-hybridized carbons (Fsp3) is 0.100. The number of aromatic nitrogens is 3. The normalized spacial score (nSPS) is 10.8. The molecule has 0 radical (unpaired) electrons. The molecule has 0 saturated heterocycles. The number of anilines is 1. The number of benzene rings is 1. The third-order valence-corrected chi connectivity index (χ3v) is 5.57. The molecule has 31 heavy (non-hydrogen) atoms. The zero-order valence-corrected chi connectivity index (χ0v) is 17.8. The Balaban J connectivity index is 1.72. The average molecular weight is 456 g/mol. The summed E-state index contributed by atoms with van der Waals surface area (Å²) in [6.07, 6.45) is 2.95. The van der Waals surface area contributed by atoms with Crippen LogP contribution in [0, 0.1) is 17.0 Å². The highest BCUT2D eigenvalue weighted by atomic mass is 35.5. The molecule has 1 amide bonds. The quantitative estimate of drug-likeness (QED) is 0.258. The monoisotopic (exact) mass is 455 g/mol. The van der Waals surface area contributed by atoms with E-state index in [1.807, 2.05) is 0 Å². The highest BCUT2D eigenvalue weighted by Gasteiger charge is 2.19. The number of thiazole rings is 1. The van der Waals surface area contributed by atoms with Crippen molar-refractivity contribution in [2.45, 2.75) is 6.92 Å². The molecule has 1 N–H and O–H groups in total. The summed E-state index contributed by atoms with van der Waals surface area (Å²) < 4.78 is 5.97. The molecule has 156 valence electrons. The number of pyridine rings is 2. The Morgan fingerprint density at radius 3 is 2.74 bits per heavy atom. The molecule has 0 unspecified atom stereocenters. The lowest BCUT2D eigenvalue weighted by atomic mass is 10.0. The SMILES string of the molecule is COc1cnc(Cl)cc1-c1cc(C)ncc1C(=O)Nc1nc2ccc([N+](=O)[O-])cc2s1. The summed E-state index contributed by atoms with van der Waals surface area (Å²) in [5, 5.41) is 14.3. The van der Waals surface area contributed by atoms with Gasteiger partial charge in [0.1, 0.15) is 10.9 Å². The zero-order chi connectivity index (χ0) is 22.1. The van der Waals surface area contributed by atoms with Gasteiger partial charge in [-0.25, -0.2) is 9.97 Å². The number of non-ortho nitro benzene ring substituents is 1. The van der Waals surface area contributed by atoms with Crippen LogP contribution < -0.4 is 10.1 Å². The van der Waals surface area contributed by atoms with Crippen molar-refractivity contribution >= 4 is 49.9 Å². The lowest BCUT2D eigenvalue weighted by Gasteiger charge is -2.13. The van der Waals surface area contributed by atoms with Gasteiger partial charge in [0.05, 0.1) is 34.0 Å². The van der Waals surface area contributed by atoms with E-state index in [4.69, 9.17) is 16.3 Å². The third-order valence-electron chi connectivity index (χ3n) is 4.43. The Hall–Kier alpha value is -3.63. The predicted octanol–water partition coefficient (Wildman–Crippen LogP) is 4.88. The first-order chi connectivity index (χ1) is 14.9. The van der Waals surface area contributed by atoms with Gasteiger partial charge in [-0.2, -0.15) is 0 Å². The minimum Gasteiger partial charge on any atom is -0.494 e. The molecule has 0 aliphatic rings. The Kier molecular flexibility index (Phi) is 5.49. The number of carbonyl (C=O) groups excluding carboxylic acids is 1. The molecule has 3 aromatic heterocycles. The van der Waals surface area contributed by atoms with Crippen LogP contribution in [0.3, 0.4) is 0 Å². The fourth-order valence-corrected chi connectivity index (χ4v) is 4.05. The van der Waals surface area contributed by atoms with Gasteiger partial charge < -0.3 is 4.74 Å². The fourth-order valence-electron chi connectivity index (χ4n) is 3.00. The van der Waals surface area contributed by atoms with E-state index in [1.165, 1.54) is 31.6 Å². The van der Waals surface area contributed by atoms with Crippen molar-refractivity contribution in [3.8, 4) is 16.9 Å². The number of nitro groups is 1. The molecule has 0 atom stereocenters. The van der Waals surface area contributed by atoms with Crippen LogP contribution in [0.4, 0.5) is 10.8 Å². The maximum Gasteiger partial charge on any atom is 0.270 e. The van der Waals surface area contributed by atoms with Crippen LogP contribution in [0.25, 0.3) is 21.3 Å². The van der Waals surface area contributed by atoms with E-state index in [1.54, 1.807) is 25.1 Å². The van der Waals surface area contributed by atoms with E-state index in [-0.39, 0.29) is 16.4 Å². The molecule has 3 heterocycles. The zero-order valence-electron chi connectivity index (χ0n) is 16.2. The van der Waals surface area contributed by atoms with Gasteiger partial charge in [0, 0.05) is 35.2 Å². The Bertz CT molecular complexity index is 1340. The minimum atomic E-state index is -0.477. The molecular formula is C20H14ClN5O4S. The number of amides is 1. The van der Waals surface area contributed by atoms with Gasteiger partial charge in [-0.15, -0.1) is 0 Å². The number of hydrogen-bond acceptors (Lipinski definition) is 8. The third kappa shape index (κ3) is 4.16. The summed E-state index contributed by atoms with van der Waals surface area (Å²) >= 11 is 7.21. The second-order valence-electron chi connectivity index (χ2n) is 6.46. The number of rotatable bonds is 5. The van der Waals surface area contributed by atoms with Crippen LogP contribution in [0.2, 0.25) is 5.15 Å². The Morgan fingerprint density at radius 2 is 2.00 bits per heavy atom. The van der Waals surface area contributed by atoms with E-state index in [0.29, 0.717) is 37.9 Å². The number of ether oxygens (including phenoxy) is 1. The number of nitrogens with zero attached hydrogens (tertiary/aromatic N) is 4. The summed E-state index contributed by atoms with van der Waals surface area (Å²) in [6.45, 7) is 1.81. The van der Waals surface area contributed by atoms with Gasteiger partial charge in [0.15, 0.2) is 5.13 Å². The van der Waals surface area contributed by atoms with Crippen molar-refractivity contribution in [1.29, 1.82) is 0 Å². The maximum atomic E-state index is 13.1. The van der Waals surface area contributed by atoms with E-state index in [9.17, 15) is 14.9 Å². The van der Waals surface area contributed by atoms with Crippen LogP contribution in [0.15, 0.2) is 42.7 Å². The van der Waals surface area contributed by atoms with Crippen LogP contribution in [0.1, 0.15) is 16.1 Å². The van der Waals surface area contributed by atoms with Crippen LogP contribution in [-0.4, -0.2) is 32.9 Å². The standard InChI is InChI=1S/C20H14ClN5O4S/c1-10-5-12(13-7-18(21)23-9-16(13)30-2)14(8-22-10)19(27)25-20-24-15-4-3-11(26(28)29)6-17(15)31-20/h3-9H,1-2H3,(H,24,25,27). The smallest absolute Gasteiger partial charge is 0.270 e. The average Bonchev–Trinajstić information content (AvgIpc) is 3.14. The molecule has 0 saturated carbocycles. The van der Waals surface area contributed by atoms with Gasteiger partial charge in [-0.05, 0) is 25.1 Å². The number of halogens is 1. The number of nitrogens with one attached hydrogen (secondary N) is 1. The molecule has 9 nitrogen and oxygen atoms in total. The van der Waals surface area contributed by atoms with Gasteiger partial charge in [0.2, 0.25) is 0 Å². The van der Waals surface area contributed by atoms with Crippen molar-refractivity contribution < 1.29 is 14.5 Å². The summed E-state index contributed by atoms with van der Waals surface area (Å²) in [4.78, 5) is 36.2. The summed E-state index contributed by atoms with van der Waals surface area (Å²) in [7, 11) is 1.50. The first kappa shape index (κ1) is 20.6. The lowest BCUT2D eigenvalue weighted by molar-refractivity contribution is -0.384. The van der Waals surface area contributed by atoms with Gasteiger partial charge in [-0.3, -0.25) is 25.2 Å². The topological polar surface area (TPSA) is 120 Å². The van der Waals surface area contributed by atoms with Crippen molar-refractivity contribution in [2.24, 2.45) is 0 Å². The minimum absolute atomic E-state index is 0.0410. The van der Waals surface area contributed by atoms with Crippen molar-refractivity contribution in [3.05, 3.63) is 69.3 Å². The molecule has 0 spiro atoms. The lowest BCUT2D eigenvalue weighted by Crippen LogP contribution is -2.14. The number of fused-ring (bicyclic) bond motifs is 1. The van der Waals surface area contributed by atoms with E-state index in [0.717, 1.165) is 11.3 Å². The van der Waals surface area contributed by atoms with Gasteiger partial charge >= 0.3 is 0 Å². The van der Waals surface area contributed by atoms with Crippen molar-refractivity contribution in [3.63, 3.8) is 0 Å². The molecule has 11 heteroatoms. The number of nitro benzene ring substituents is 1. The molecule has 0 bridgehead atoms. The number of aryl methyl sites for hydroxylation is 1. The van der Waals surface area contributed by atoms with Crippen LogP contribution >= 0.6 is 22.9 Å². The number of carbonyl (C=O) groups is 1. The van der Waals surface area contributed by atoms with Crippen LogP contribution in [-0.2, 0) is 0 Å². The Labute approximate surface area is 184 Å². The molecule has 0 fully saturated rings. The second kappa shape index (κ2) is 8.25. The summed E-state index contributed by atoms with van der Waals surface area (Å²) in [5.74, 6) is 0.0161. The summed E-state index contributed by atoms with van der Waals surface area (Å²) in [6, 6.07) is 7.70. The van der Waals surface area contributed by atoms with Crippen molar-refractivity contribution in [2.75, 3.05) is 12.4 Å². The number of hydrogen-bond donors (Lipinski definition) is 1. The highest BCUT2D eigenvalue weighted by Crippen LogP contribution is 2.35. The first-order valence-electron chi connectivity index (χ1n) is 8.88. The maximum absolute atomic E-state index is 13.1. The van der Waals surface area contributed by atoms with E-state index < -0.39 is 10.8 Å². The van der Waals surface area contributed by atoms with E-state index in [2.05, 4.69) is 20.3 Å². The number of methoxy groups -OCH3 is 1. The van der Waals surface area contributed by atoms with Crippen molar-refractivity contribution in [1.82, 2.24) is 15.0 Å². The second-order valence-corrected chi connectivity index (χ2v) is 7.88. The largest absolute Gasteiger partial charge is 0.494 e. The van der Waals surface area contributed by atoms with Crippen LogP contribution in [0.5, 0.6) is 5.75 Å². The molecule has 4 rings (SSSR count). The molecule has 1 aromatic carbocycles. The van der Waals surface area contributed by atoms with Gasteiger partial charge in [0.25, 0.3) is 11.6 Å². The van der Waals surface area contributed by atoms with E-state index >= 15 is 0 Å². The highest BCUT2D eigenvalue weighted by molar-refractivity contribution is 7.22. The summed E-state index contributed by atoms with van der Waals surface area (Å²) in [5.41, 5.74) is 2.67. The molecule has 4 aromatic rings. The van der Waals surface area contributed by atoms with Gasteiger partial charge in [-0.1, -0.05) is 22.9 Å². The molecule has 0 aliphatic heterocycles. The molecule has 0 aliphatic carbocycles. The molecular weight excluding hydrogens is 442 g/mol. The Morgan fingerprint density at radius 1 is 1.19 bits per heavy atom.